The fourth-order valence-corrected chi connectivity index (χ4v) is 2.15. The second kappa shape index (κ2) is 4.74. The Labute approximate surface area is 102 Å². The summed E-state index contributed by atoms with van der Waals surface area (Å²) < 4.78 is 0. The summed E-state index contributed by atoms with van der Waals surface area (Å²) in [5.41, 5.74) is 0.543. The summed E-state index contributed by atoms with van der Waals surface area (Å²) in [4.78, 5) is 11.3. The molecule has 0 bridgehead atoms. The first kappa shape index (κ1) is 11.9. The van der Waals surface area contributed by atoms with Gasteiger partial charge in [-0.2, -0.15) is 0 Å². The molecule has 0 aromatic heterocycles. The second-order valence-corrected chi connectivity index (χ2v) is 5.01. The van der Waals surface area contributed by atoms with Crippen LogP contribution < -0.4 is 0 Å². The number of carboxylic acid groups (broad SMARTS) is 1. The number of carbonyl (C=O) groups is 1. The van der Waals surface area contributed by atoms with Crippen LogP contribution in [0.1, 0.15) is 31.7 Å². The zero-order valence-electron chi connectivity index (χ0n) is 10.1. The lowest BCUT2D eigenvalue weighted by Crippen LogP contribution is -2.29. The van der Waals surface area contributed by atoms with Gasteiger partial charge in [-0.25, -0.2) is 0 Å². The van der Waals surface area contributed by atoms with Crippen LogP contribution in [0.15, 0.2) is 36.4 Å². The summed E-state index contributed by atoms with van der Waals surface area (Å²) >= 11 is 0. The van der Waals surface area contributed by atoms with Gasteiger partial charge in [-0.05, 0) is 37.7 Å². The summed E-state index contributed by atoms with van der Waals surface area (Å²) in [5, 5.41) is 9.31. The van der Waals surface area contributed by atoms with Crippen molar-refractivity contribution in [3.63, 3.8) is 0 Å². The van der Waals surface area contributed by atoms with Gasteiger partial charge < -0.3 is 5.11 Å². The van der Waals surface area contributed by atoms with E-state index in [1.165, 1.54) is 0 Å². The van der Waals surface area contributed by atoms with Crippen LogP contribution in [-0.2, 0) is 4.79 Å². The standard InChI is InChI=1S/C15H18O2/c1-15(14(16)17,13-9-10-13)11-5-8-12-6-3-2-4-7-12/h2-8,13H,9-11H2,1H3,(H,16,17)/b8-5+. The number of allylic oxidation sites excluding steroid dienone is 1. The number of benzene rings is 1. The molecule has 1 saturated carbocycles. The van der Waals surface area contributed by atoms with Crippen molar-refractivity contribution in [3.8, 4) is 0 Å². The molecule has 1 fully saturated rings. The molecule has 0 radical (unpaired) electrons. The quantitative estimate of drug-likeness (QED) is 0.839. The normalized spacial score (nSPS) is 19.1. The van der Waals surface area contributed by atoms with E-state index in [0.29, 0.717) is 12.3 Å². The summed E-state index contributed by atoms with van der Waals surface area (Å²) in [6.45, 7) is 1.86. The molecule has 0 heterocycles. The van der Waals surface area contributed by atoms with Crippen LogP contribution in [0.5, 0.6) is 0 Å². The highest BCUT2D eigenvalue weighted by molar-refractivity contribution is 5.75. The van der Waals surface area contributed by atoms with Crippen LogP contribution in [0, 0.1) is 11.3 Å². The molecule has 17 heavy (non-hydrogen) atoms. The van der Waals surface area contributed by atoms with Crippen molar-refractivity contribution in [1.82, 2.24) is 0 Å². The van der Waals surface area contributed by atoms with Crippen molar-refractivity contribution in [1.29, 1.82) is 0 Å². The van der Waals surface area contributed by atoms with Gasteiger partial charge in [0.1, 0.15) is 0 Å². The molecule has 1 unspecified atom stereocenters. The number of hydrogen-bond donors (Lipinski definition) is 1. The highest BCUT2D eigenvalue weighted by Gasteiger charge is 2.46. The zero-order valence-corrected chi connectivity index (χ0v) is 10.1. The molecule has 1 aliphatic rings. The third kappa shape index (κ3) is 2.76. The largest absolute Gasteiger partial charge is 0.481 e. The van der Waals surface area contributed by atoms with E-state index in [-0.39, 0.29) is 0 Å². The number of carboxylic acids is 1. The minimum Gasteiger partial charge on any atom is -0.481 e. The molecule has 1 N–H and O–H groups in total. The number of hydrogen-bond acceptors (Lipinski definition) is 1. The van der Waals surface area contributed by atoms with Crippen LogP contribution in [0.2, 0.25) is 0 Å². The lowest BCUT2D eigenvalue weighted by molar-refractivity contribution is -0.149. The predicted octanol–water partition coefficient (Wildman–Crippen LogP) is 3.59. The third-order valence-corrected chi connectivity index (χ3v) is 3.62. The second-order valence-electron chi connectivity index (χ2n) is 5.01. The molecule has 0 spiro atoms. The van der Waals surface area contributed by atoms with Crippen molar-refractivity contribution in [2.75, 3.05) is 0 Å². The summed E-state index contributed by atoms with van der Waals surface area (Å²) in [6, 6.07) is 9.98. The van der Waals surface area contributed by atoms with Gasteiger partial charge in [0.15, 0.2) is 0 Å². The summed E-state index contributed by atoms with van der Waals surface area (Å²) in [7, 11) is 0. The first-order chi connectivity index (χ1) is 8.13. The Morgan fingerprint density at radius 3 is 2.59 bits per heavy atom. The molecule has 2 heteroatoms. The van der Waals surface area contributed by atoms with Gasteiger partial charge in [-0.1, -0.05) is 42.5 Å². The SMILES string of the molecule is CC(C/C=C/c1ccccc1)(C(=O)O)C1CC1. The van der Waals surface area contributed by atoms with E-state index in [2.05, 4.69) is 0 Å². The van der Waals surface area contributed by atoms with Crippen molar-refractivity contribution in [3.05, 3.63) is 42.0 Å². The zero-order chi connectivity index (χ0) is 12.3. The third-order valence-electron chi connectivity index (χ3n) is 3.62. The lowest BCUT2D eigenvalue weighted by Gasteiger charge is -2.22. The highest BCUT2D eigenvalue weighted by Crippen LogP contribution is 2.48. The molecule has 1 atom stereocenters. The van der Waals surface area contributed by atoms with E-state index in [1.807, 2.05) is 49.4 Å². The van der Waals surface area contributed by atoms with E-state index in [4.69, 9.17) is 0 Å². The molecule has 1 aliphatic carbocycles. The van der Waals surface area contributed by atoms with Gasteiger partial charge in [-0.15, -0.1) is 0 Å². The van der Waals surface area contributed by atoms with Crippen LogP contribution in [0.4, 0.5) is 0 Å². The van der Waals surface area contributed by atoms with Crippen molar-refractivity contribution < 1.29 is 9.90 Å². The van der Waals surface area contributed by atoms with Crippen molar-refractivity contribution in [2.45, 2.75) is 26.2 Å². The van der Waals surface area contributed by atoms with Crippen molar-refractivity contribution in [2.24, 2.45) is 11.3 Å². The molecule has 0 amide bonds. The van der Waals surface area contributed by atoms with Crippen molar-refractivity contribution >= 4 is 12.0 Å². The molecule has 0 saturated heterocycles. The summed E-state index contributed by atoms with van der Waals surface area (Å²) in [6.07, 6.45) is 6.72. The molecule has 90 valence electrons. The van der Waals surface area contributed by atoms with E-state index in [9.17, 15) is 9.90 Å². The highest BCUT2D eigenvalue weighted by atomic mass is 16.4. The molecule has 1 aromatic carbocycles. The Morgan fingerprint density at radius 2 is 2.06 bits per heavy atom. The van der Waals surface area contributed by atoms with Gasteiger partial charge >= 0.3 is 5.97 Å². The Bertz CT molecular complexity index is 418. The Kier molecular flexibility index (Phi) is 3.32. The van der Waals surface area contributed by atoms with Gasteiger partial charge in [0.05, 0.1) is 5.41 Å². The average Bonchev–Trinajstić information content (AvgIpc) is 3.14. The molecule has 2 nitrogen and oxygen atoms in total. The maximum absolute atomic E-state index is 11.3. The monoisotopic (exact) mass is 230 g/mol. The van der Waals surface area contributed by atoms with Crippen LogP contribution >= 0.6 is 0 Å². The Hall–Kier alpha value is -1.57. The molecule has 1 aromatic rings. The van der Waals surface area contributed by atoms with Gasteiger partial charge in [0.25, 0.3) is 0 Å². The van der Waals surface area contributed by atoms with Crippen LogP contribution in [0.25, 0.3) is 6.08 Å². The van der Waals surface area contributed by atoms with Gasteiger partial charge in [-0.3, -0.25) is 4.79 Å². The van der Waals surface area contributed by atoms with E-state index in [1.54, 1.807) is 0 Å². The fourth-order valence-electron chi connectivity index (χ4n) is 2.15. The number of rotatable bonds is 5. The van der Waals surface area contributed by atoms with Crippen LogP contribution in [0.3, 0.4) is 0 Å². The Balaban J connectivity index is 2.01. The predicted molar refractivity (Wildman–Crippen MR) is 68.6 cm³/mol. The van der Waals surface area contributed by atoms with Gasteiger partial charge in [0.2, 0.25) is 0 Å². The smallest absolute Gasteiger partial charge is 0.309 e. The minimum absolute atomic E-state index is 0.362. The first-order valence-electron chi connectivity index (χ1n) is 6.08. The topological polar surface area (TPSA) is 37.3 Å². The van der Waals surface area contributed by atoms with E-state index >= 15 is 0 Å². The van der Waals surface area contributed by atoms with E-state index in [0.717, 1.165) is 18.4 Å². The van der Waals surface area contributed by atoms with E-state index < -0.39 is 11.4 Å². The maximum atomic E-state index is 11.3. The molecular weight excluding hydrogens is 212 g/mol. The summed E-state index contributed by atoms with van der Waals surface area (Å²) in [5.74, 6) is -0.307. The molecule has 2 rings (SSSR count). The molecular formula is C15H18O2. The van der Waals surface area contributed by atoms with Crippen LogP contribution in [-0.4, -0.2) is 11.1 Å². The lowest BCUT2D eigenvalue weighted by atomic mass is 9.81. The minimum atomic E-state index is -0.669. The van der Waals surface area contributed by atoms with Gasteiger partial charge in [0, 0.05) is 0 Å². The maximum Gasteiger partial charge on any atom is 0.309 e. The first-order valence-corrected chi connectivity index (χ1v) is 6.08. The molecule has 0 aliphatic heterocycles. The number of aliphatic carboxylic acids is 1. The average molecular weight is 230 g/mol. The Morgan fingerprint density at radius 1 is 1.41 bits per heavy atom. The fraction of sp³-hybridized carbons (Fsp3) is 0.400.